The maximum atomic E-state index is 9.40. The number of thiophene rings is 1. The molecule has 2 N–H and O–H groups in total. The van der Waals surface area contributed by atoms with E-state index in [0.29, 0.717) is 10.5 Å². The van der Waals surface area contributed by atoms with Gasteiger partial charge in [0, 0.05) is 25.2 Å². The molecule has 0 aliphatic carbocycles. The number of hydrogen-bond acceptors (Lipinski definition) is 3. The quantitative estimate of drug-likeness (QED) is 0.661. The van der Waals surface area contributed by atoms with Gasteiger partial charge in [0.2, 0.25) is 0 Å². The fourth-order valence-corrected chi connectivity index (χ4v) is 3.33. The standard InChI is InChI=1S/C12H8BClO2S/c14-7-4-5-10-8(6-7)12-9(13(15)16)2-1-3-11(12)17-10/h1-6,15-16H. The molecule has 5 heteroatoms. The van der Waals surface area contributed by atoms with Gasteiger partial charge in [-0.05, 0) is 29.7 Å². The first kappa shape index (κ1) is 11.0. The van der Waals surface area contributed by atoms with Gasteiger partial charge >= 0.3 is 7.12 Å². The summed E-state index contributed by atoms with van der Waals surface area (Å²) in [6.07, 6.45) is 0. The lowest BCUT2D eigenvalue weighted by Crippen LogP contribution is -2.30. The highest BCUT2D eigenvalue weighted by Crippen LogP contribution is 2.34. The summed E-state index contributed by atoms with van der Waals surface area (Å²) in [4.78, 5) is 0. The van der Waals surface area contributed by atoms with Crippen molar-refractivity contribution in [3.05, 3.63) is 41.4 Å². The predicted octanol–water partition coefficient (Wildman–Crippen LogP) is 2.39. The molecular formula is C12H8BClO2S. The second-order valence-electron chi connectivity index (χ2n) is 3.84. The topological polar surface area (TPSA) is 40.5 Å². The molecule has 0 fully saturated rings. The summed E-state index contributed by atoms with van der Waals surface area (Å²) in [5.41, 5.74) is 0.524. The Balaban J connectivity index is 2.51. The average molecular weight is 263 g/mol. The van der Waals surface area contributed by atoms with Crippen LogP contribution >= 0.6 is 22.9 Å². The van der Waals surface area contributed by atoms with Gasteiger partial charge in [0.25, 0.3) is 0 Å². The van der Waals surface area contributed by atoms with Crippen molar-refractivity contribution in [3.8, 4) is 0 Å². The number of halogens is 1. The molecule has 0 saturated heterocycles. The molecule has 0 aliphatic heterocycles. The smallest absolute Gasteiger partial charge is 0.423 e. The van der Waals surface area contributed by atoms with Crippen molar-refractivity contribution in [2.75, 3.05) is 0 Å². The maximum absolute atomic E-state index is 9.40. The van der Waals surface area contributed by atoms with E-state index in [1.165, 1.54) is 0 Å². The summed E-state index contributed by atoms with van der Waals surface area (Å²) in [5, 5.41) is 21.3. The van der Waals surface area contributed by atoms with E-state index >= 15 is 0 Å². The molecule has 2 aromatic carbocycles. The van der Waals surface area contributed by atoms with Crippen molar-refractivity contribution in [2.24, 2.45) is 0 Å². The van der Waals surface area contributed by atoms with Gasteiger partial charge in [0.05, 0.1) is 0 Å². The van der Waals surface area contributed by atoms with Crippen LogP contribution in [0.5, 0.6) is 0 Å². The van der Waals surface area contributed by atoms with Crippen molar-refractivity contribution in [1.29, 1.82) is 0 Å². The van der Waals surface area contributed by atoms with E-state index in [2.05, 4.69) is 0 Å². The summed E-state index contributed by atoms with van der Waals surface area (Å²) in [6, 6.07) is 11.2. The van der Waals surface area contributed by atoms with Gasteiger partial charge in [-0.15, -0.1) is 11.3 Å². The molecule has 3 rings (SSSR count). The Hall–Kier alpha value is -1.07. The van der Waals surface area contributed by atoms with Gasteiger partial charge in [0.15, 0.2) is 0 Å². The van der Waals surface area contributed by atoms with E-state index < -0.39 is 7.12 Å². The lowest BCUT2D eigenvalue weighted by molar-refractivity contribution is 0.426. The van der Waals surface area contributed by atoms with Crippen molar-refractivity contribution in [1.82, 2.24) is 0 Å². The molecule has 3 aromatic rings. The van der Waals surface area contributed by atoms with Crippen LogP contribution in [-0.4, -0.2) is 17.2 Å². The van der Waals surface area contributed by atoms with E-state index in [4.69, 9.17) is 11.6 Å². The SMILES string of the molecule is OB(O)c1cccc2sc3ccc(Cl)cc3c12. The molecule has 84 valence electrons. The summed E-state index contributed by atoms with van der Waals surface area (Å²) in [6.45, 7) is 0. The third-order valence-electron chi connectivity index (χ3n) is 2.77. The number of rotatable bonds is 1. The number of hydrogen-bond donors (Lipinski definition) is 2. The molecule has 0 amide bonds. The lowest BCUT2D eigenvalue weighted by atomic mass is 9.77. The summed E-state index contributed by atoms with van der Waals surface area (Å²) in [5.74, 6) is 0. The fraction of sp³-hybridized carbons (Fsp3) is 0. The Morgan fingerprint density at radius 3 is 2.65 bits per heavy atom. The van der Waals surface area contributed by atoms with Crippen molar-refractivity contribution in [2.45, 2.75) is 0 Å². The summed E-state index contributed by atoms with van der Waals surface area (Å²) < 4.78 is 2.13. The monoisotopic (exact) mass is 262 g/mol. The molecule has 0 saturated carbocycles. The average Bonchev–Trinajstić information content (AvgIpc) is 2.66. The Morgan fingerprint density at radius 1 is 1.06 bits per heavy atom. The van der Waals surface area contributed by atoms with Crippen LogP contribution in [0.15, 0.2) is 36.4 Å². The lowest BCUT2D eigenvalue weighted by Gasteiger charge is -2.02. The molecule has 0 aliphatic rings. The predicted molar refractivity (Wildman–Crippen MR) is 74.2 cm³/mol. The van der Waals surface area contributed by atoms with Crippen molar-refractivity contribution in [3.63, 3.8) is 0 Å². The van der Waals surface area contributed by atoms with E-state index in [-0.39, 0.29) is 0 Å². The fourth-order valence-electron chi connectivity index (χ4n) is 2.04. The first-order chi connectivity index (χ1) is 8.16. The second kappa shape index (κ2) is 4.00. The highest BCUT2D eigenvalue weighted by atomic mass is 35.5. The molecule has 0 bridgehead atoms. The minimum atomic E-state index is -1.46. The Morgan fingerprint density at radius 2 is 1.88 bits per heavy atom. The van der Waals surface area contributed by atoms with Gasteiger partial charge in [-0.25, -0.2) is 0 Å². The van der Waals surface area contributed by atoms with Crippen LogP contribution in [0.4, 0.5) is 0 Å². The van der Waals surface area contributed by atoms with Gasteiger partial charge in [-0.3, -0.25) is 0 Å². The van der Waals surface area contributed by atoms with Crippen LogP contribution in [0, 0.1) is 0 Å². The molecule has 2 nitrogen and oxygen atoms in total. The van der Waals surface area contributed by atoms with Crippen LogP contribution in [0.25, 0.3) is 20.2 Å². The summed E-state index contributed by atoms with van der Waals surface area (Å²) >= 11 is 7.61. The second-order valence-corrected chi connectivity index (χ2v) is 5.36. The minimum absolute atomic E-state index is 0.524. The maximum Gasteiger partial charge on any atom is 0.489 e. The largest absolute Gasteiger partial charge is 0.489 e. The Kier molecular flexibility index (Phi) is 2.60. The molecule has 0 spiro atoms. The molecule has 0 unspecified atom stereocenters. The zero-order chi connectivity index (χ0) is 12.0. The van der Waals surface area contributed by atoms with E-state index in [1.807, 2.05) is 30.3 Å². The Bertz CT molecular complexity index is 708. The van der Waals surface area contributed by atoms with Crippen molar-refractivity contribution >= 4 is 55.7 Å². The number of benzene rings is 2. The third-order valence-corrected chi connectivity index (χ3v) is 4.14. The van der Waals surface area contributed by atoms with Crippen LogP contribution < -0.4 is 5.46 Å². The van der Waals surface area contributed by atoms with Crippen LogP contribution in [0.3, 0.4) is 0 Å². The first-order valence-electron chi connectivity index (χ1n) is 5.13. The number of fused-ring (bicyclic) bond motifs is 3. The van der Waals surface area contributed by atoms with Crippen LogP contribution in [0.2, 0.25) is 5.02 Å². The van der Waals surface area contributed by atoms with Crippen LogP contribution in [-0.2, 0) is 0 Å². The zero-order valence-corrected chi connectivity index (χ0v) is 10.3. The highest BCUT2D eigenvalue weighted by molar-refractivity contribution is 7.26. The molecular weight excluding hydrogens is 254 g/mol. The Labute approximate surface area is 107 Å². The van der Waals surface area contributed by atoms with E-state index in [1.54, 1.807) is 17.4 Å². The van der Waals surface area contributed by atoms with Gasteiger partial charge < -0.3 is 10.0 Å². The highest BCUT2D eigenvalue weighted by Gasteiger charge is 2.17. The molecule has 0 radical (unpaired) electrons. The molecule has 1 heterocycles. The van der Waals surface area contributed by atoms with E-state index in [0.717, 1.165) is 20.2 Å². The van der Waals surface area contributed by atoms with Gasteiger partial charge in [-0.2, -0.15) is 0 Å². The van der Waals surface area contributed by atoms with Gasteiger partial charge in [-0.1, -0.05) is 23.7 Å². The van der Waals surface area contributed by atoms with Crippen molar-refractivity contribution < 1.29 is 10.0 Å². The minimum Gasteiger partial charge on any atom is -0.423 e. The van der Waals surface area contributed by atoms with Gasteiger partial charge in [0.1, 0.15) is 0 Å². The molecule has 0 atom stereocenters. The normalized spacial score (nSPS) is 11.2. The first-order valence-corrected chi connectivity index (χ1v) is 6.33. The van der Waals surface area contributed by atoms with Crippen LogP contribution in [0.1, 0.15) is 0 Å². The molecule has 1 aromatic heterocycles. The van der Waals surface area contributed by atoms with E-state index in [9.17, 15) is 10.0 Å². The summed E-state index contributed by atoms with van der Waals surface area (Å²) in [7, 11) is -1.46. The molecule has 17 heavy (non-hydrogen) atoms. The third kappa shape index (κ3) is 1.74. The zero-order valence-electron chi connectivity index (χ0n) is 8.72.